The summed E-state index contributed by atoms with van der Waals surface area (Å²) in [5, 5.41) is 3.12. The van der Waals surface area contributed by atoms with Gasteiger partial charge in [0.05, 0.1) is 6.54 Å². The van der Waals surface area contributed by atoms with E-state index in [1.54, 1.807) is 17.1 Å². The number of rotatable bonds is 9. The summed E-state index contributed by atoms with van der Waals surface area (Å²) in [5.41, 5.74) is 0.862. The van der Waals surface area contributed by atoms with Gasteiger partial charge in [-0.15, -0.1) is 13.2 Å². The van der Waals surface area contributed by atoms with Crippen LogP contribution in [-0.4, -0.2) is 30.4 Å². The third-order valence-corrected chi connectivity index (χ3v) is 3.33. The summed E-state index contributed by atoms with van der Waals surface area (Å²) in [6, 6.07) is 17.1. The molecule has 0 fully saturated rings. The van der Waals surface area contributed by atoms with E-state index < -0.39 is 0 Å². The van der Waals surface area contributed by atoms with Crippen molar-refractivity contribution in [3.8, 4) is 11.5 Å². The lowest BCUT2D eigenvalue weighted by Crippen LogP contribution is -2.35. The number of anilines is 1. The van der Waals surface area contributed by atoms with Crippen molar-refractivity contribution in [2.45, 2.75) is 0 Å². The van der Waals surface area contributed by atoms with Gasteiger partial charge in [-0.2, -0.15) is 0 Å². The highest BCUT2D eigenvalue weighted by atomic mass is 16.5. The number of nitrogens with zero attached hydrogens (tertiary/aromatic N) is 1. The SMILES string of the molecule is C=CCN(CC=C)C(=O)CNc1ccc(Oc2ccccc2)cc1. The summed E-state index contributed by atoms with van der Waals surface area (Å²) in [6.07, 6.45) is 3.41. The van der Waals surface area contributed by atoms with Crippen molar-refractivity contribution in [2.24, 2.45) is 0 Å². The second-order valence-corrected chi connectivity index (χ2v) is 5.17. The molecule has 1 amide bonds. The van der Waals surface area contributed by atoms with Gasteiger partial charge in [-0.05, 0) is 36.4 Å². The molecule has 0 heterocycles. The molecule has 2 rings (SSSR count). The molecule has 0 saturated heterocycles. The molecule has 2 aromatic carbocycles. The maximum atomic E-state index is 12.1. The minimum atomic E-state index is -0.000544. The van der Waals surface area contributed by atoms with Crippen LogP contribution in [0.15, 0.2) is 79.9 Å². The van der Waals surface area contributed by atoms with Gasteiger partial charge in [0.25, 0.3) is 0 Å². The van der Waals surface area contributed by atoms with Crippen molar-refractivity contribution in [1.82, 2.24) is 4.90 Å². The van der Waals surface area contributed by atoms with Crippen LogP contribution in [0, 0.1) is 0 Å². The van der Waals surface area contributed by atoms with Crippen molar-refractivity contribution in [3.05, 3.63) is 79.9 Å². The van der Waals surface area contributed by atoms with Crippen molar-refractivity contribution in [3.63, 3.8) is 0 Å². The van der Waals surface area contributed by atoms with Crippen molar-refractivity contribution >= 4 is 11.6 Å². The average molecular weight is 322 g/mol. The van der Waals surface area contributed by atoms with E-state index in [4.69, 9.17) is 4.74 Å². The third-order valence-electron chi connectivity index (χ3n) is 3.33. The highest BCUT2D eigenvalue weighted by Crippen LogP contribution is 2.22. The molecule has 0 atom stereocenters. The highest BCUT2D eigenvalue weighted by molar-refractivity contribution is 5.81. The lowest BCUT2D eigenvalue weighted by atomic mass is 10.3. The standard InChI is InChI=1S/C20H22N2O2/c1-3-14-22(15-4-2)20(23)16-21-17-10-12-19(13-11-17)24-18-8-6-5-7-9-18/h3-13,21H,1-2,14-16H2. The number of carbonyl (C=O) groups is 1. The molecule has 1 N–H and O–H groups in total. The van der Waals surface area contributed by atoms with Crippen LogP contribution in [0.5, 0.6) is 11.5 Å². The predicted molar refractivity (Wildman–Crippen MR) is 98.4 cm³/mol. The molecule has 4 nitrogen and oxygen atoms in total. The van der Waals surface area contributed by atoms with E-state index >= 15 is 0 Å². The third kappa shape index (κ3) is 5.32. The fraction of sp³-hybridized carbons (Fsp3) is 0.150. The van der Waals surface area contributed by atoms with Gasteiger partial charge in [-0.1, -0.05) is 30.4 Å². The zero-order valence-corrected chi connectivity index (χ0v) is 13.7. The first-order valence-corrected chi connectivity index (χ1v) is 7.79. The van der Waals surface area contributed by atoms with E-state index in [9.17, 15) is 4.79 Å². The normalized spacial score (nSPS) is 9.83. The second-order valence-electron chi connectivity index (χ2n) is 5.17. The predicted octanol–water partition coefficient (Wildman–Crippen LogP) is 4.09. The van der Waals surface area contributed by atoms with Crippen molar-refractivity contribution < 1.29 is 9.53 Å². The van der Waals surface area contributed by atoms with Crippen LogP contribution in [0.1, 0.15) is 0 Å². The first-order chi connectivity index (χ1) is 11.7. The summed E-state index contributed by atoms with van der Waals surface area (Å²) in [5.74, 6) is 1.54. The quantitative estimate of drug-likeness (QED) is 0.707. The Balaban J connectivity index is 1.88. The van der Waals surface area contributed by atoms with Gasteiger partial charge in [0.15, 0.2) is 0 Å². The topological polar surface area (TPSA) is 41.6 Å². The zero-order chi connectivity index (χ0) is 17.2. The first kappa shape index (κ1) is 17.3. The summed E-state index contributed by atoms with van der Waals surface area (Å²) in [4.78, 5) is 13.8. The number of nitrogens with one attached hydrogen (secondary N) is 1. The van der Waals surface area contributed by atoms with Crippen LogP contribution < -0.4 is 10.1 Å². The largest absolute Gasteiger partial charge is 0.457 e. The highest BCUT2D eigenvalue weighted by Gasteiger charge is 2.10. The lowest BCUT2D eigenvalue weighted by molar-refractivity contribution is -0.128. The average Bonchev–Trinajstić information content (AvgIpc) is 2.61. The number of benzene rings is 2. The number of hydrogen-bond donors (Lipinski definition) is 1. The van der Waals surface area contributed by atoms with Crippen molar-refractivity contribution in [1.29, 1.82) is 0 Å². The Hall–Kier alpha value is -3.01. The Kier molecular flexibility index (Phi) is 6.65. The van der Waals surface area contributed by atoms with Crippen LogP contribution >= 0.6 is 0 Å². The number of amides is 1. The molecule has 0 bridgehead atoms. The van der Waals surface area contributed by atoms with Gasteiger partial charge in [0.1, 0.15) is 11.5 Å². The van der Waals surface area contributed by atoms with Crippen LogP contribution in [-0.2, 0) is 4.79 Å². The number of para-hydroxylation sites is 1. The molecule has 124 valence electrons. The molecule has 4 heteroatoms. The minimum absolute atomic E-state index is 0.000544. The molecule has 0 aromatic heterocycles. The molecule has 0 aliphatic carbocycles. The van der Waals surface area contributed by atoms with Gasteiger partial charge in [-0.25, -0.2) is 0 Å². The van der Waals surface area contributed by atoms with E-state index in [0.717, 1.165) is 17.2 Å². The van der Waals surface area contributed by atoms with Crippen LogP contribution in [0.4, 0.5) is 5.69 Å². The monoisotopic (exact) mass is 322 g/mol. The Morgan fingerprint density at radius 3 is 2.12 bits per heavy atom. The van der Waals surface area contributed by atoms with Crippen LogP contribution in [0.2, 0.25) is 0 Å². The maximum absolute atomic E-state index is 12.1. The first-order valence-electron chi connectivity index (χ1n) is 7.79. The molecule has 0 spiro atoms. The van der Waals surface area contributed by atoms with Gasteiger partial charge in [-0.3, -0.25) is 4.79 Å². The Morgan fingerprint density at radius 1 is 0.958 bits per heavy atom. The summed E-state index contributed by atoms with van der Waals surface area (Å²) in [6.45, 7) is 8.57. The molecular weight excluding hydrogens is 300 g/mol. The van der Waals surface area contributed by atoms with E-state index in [1.165, 1.54) is 0 Å². The fourth-order valence-electron chi connectivity index (χ4n) is 2.14. The van der Waals surface area contributed by atoms with E-state index in [2.05, 4.69) is 18.5 Å². The number of ether oxygens (including phenoxy) is 1. The van der Waals surface area contributed by atoms with Gasteiger partial charge < -0.3 is 15.0 Å². The number of hydrogen-bond acceptors (Lipinski definition) is 3. The summed E-state index contributed by atoms with van der Waals surface area (Å²) < 4.78 is 5.74. The Morgan fingerprint density at radius 2 is 1.54 bits per heavy atom. The van der Waals surface area contributed by atoms with E-state index in [1.807, 2.05) is 54.6 Å². The molecule has 24 heavy (non-hydrogen) atoms. The van der Waals surface area contributed by atoms with Crippen molar-refractivity contribution in [2.75, 3.05) is 25.0 Å². The Bertz CT molecular complexity index is 656. The van der Waals surface area contributed by atoms with Crippen LogP contribution in [0.25, 0.3) is 0 Å². The van der Waals surface area contributed by atoms with Crippen LogP contribution in [0.3, 0.4) is 0 Å². The van der Waals surface area contributed by atoms with E-state index in [0.29, 0.717) is 13.1 Å². The van der Waals surface area contributed by atoms with E-state index in [-0.39, 0.29) is 12.5 Å². The maximum Gasteiger partial charge on any atom is 0.242 e. The summed E-state index contributed by atoms with van der Waals surface area (Å²) in [7, 11) is 0. The molecular formula is C20H22N2O2. The molecule has 0 saturated carbocycles. The minimum Gasteiger partial charge on any atom is -0.457 e. The Labute approximate surface area is 143 Å². The molecule has 0 aliphatic rings. The molecule has 0 aliphatic heterocycles. The lowest BCUT2D eigenvalue weighted by Gasteiger charge is -2.19. The number of carbonyl (C=O) groups excluding carboxylic acids is 1. The van der Waals surface area contributed by atoms with Gasteiger partial charge in [0, 0.05) is 18.8 Å². The molecule has 2 aromatic rings. The van der Waals surface area contributed by atoms with Gasteiger partial charge in [0.2, 0.25) is 5.91 Å². The zero-order valence-electron chi connectivity index (χ0n) is 13.7. The molecule has 0 radical (unpaired) electrons. The fourth-order valence-corrected chi connectivity index (χ4v) is 2.14. The second kappa shape index (κ2) is 9.20. The molecule has 0 unspecified atom stereocenters. The smallest absolute Gasteiger partial charge is 0.242 e. The summed E-state index contributed by atoms with van der Waals surface area (Å²) >= 11 is 0. The van der Waals surface area contributed by atoms with Gasteiger partial charge >= 0.3 is 0 Å².